The zero-order valence-corrected chi connectivity index (χ0v) is 15.2. The molecule has 6 nitrogen and oxygen atoms in total. The monoisotopic (exact) mass is 338 g/mol. The fourth-order valence-corrected chi connectivity index (χ4v) is 4.54. The molecular formula is C18H30N2O4. The number of methoxy groups -OCH3 is 2. The highest BCUT2D eigenvalue weighted by atomic mass is 16.5. The summed E-state index contributed by atoms with van der Waals surface area (Å²) in [4.78, 5) is 29.5. The highest BCUT2D eigenvalue weighted by molar-refractivity contribution is 5.87. The quantitative estimate of drug-likeness (QED) is 0.732. The van der Waals surface area contributed by atoms with Crippen LogP contribution in [0.3, 0.4) is 0 Å². The fourth-order valence-electron chi connectivity index (χ4n) is 4.54. The smallest absolute Gasteiger partial charge is 0.231 e. The Hall–Kier alpha value is -1.14. The van der Waals surface area contributed by atoms with Gasteiger partial charge in [0.15, 0.2) is 0 Å². The number of likely N-dealkylation sites (tertiary alicyclic amines) is 2. The molecule has 1 aliphatic carbocycles. The number of nitrogens with zero attached hydrogens (tertiary/aromatic N) is 2. The Morgan fingerprint density at radius 2 is 2.04 bits per heavy atom. The lowest BCUT2D eigenvalue weighted by molar-refractivity contribution is -0.144. The Morgan fingerprint density at radius 1 is 1.29 bits per heavy atom. The van der Waals surface area contributed by atoms with Crippen molar-refractivity contribution in [2.24, 2.45) is 11.3 Å². The molecule has 2 aliphatic heterocycles. The number of ether oxygens (including phenoxy) is 2. The zero-order valence-electron chi connectivity index (χ0n) is 15.2. The van der Waals surface area contributed by atoms with Crippen LogP contribution in [0.5, 0.6) is 0 Å². The summed E-state index contributed by atoms with van der Waals surface area (Å²) in [6, 6.07) is 0. The Kier molecular flexibility index (Phi) is 4.89. The minimum atomic E-state index is -0.386. The highest BCUT2D eigenvalue weighted by Gasteiger charge is 2.56. The van der Waals surface area contributed by atoms with Crippen molar-refractivity contribution in [3.05, 3.63) is 0 Å². The van der Waals surface area contributed by atoms with E-state index in [2.05, 4.69) is 6.92 Å². The van der Waals surface area contributed by atoms with Crippen LogP contribution in [-0.2, 0) is 19.1 Å². The summed E-state index contributed by atoms with van der Waals surface area (Å²) >= 11 is 0. The van der Waals surface area contributed by atoms with Crippen molar-refractivity contribution in [2.75, 3.05) is 47.0 Å². The standard InChI is InChI=1S/C18H30N2O4/c1-14-12-20(15(21)11-17(24-3)5-4-6-17)13-18(14)7-8-19(16(18)22)9-10-23-2/h14H,4-13H2,1-3H3/t14-,18-/m1/s1. The van der Waals surface area contributed by atoms with Crippen LogP contribution >= 0.6 is 0 Å². The van der Waals surface area contributed by atoms with Crippen LogP contribution in [0.1, 0.15) is 39.0 Å². The first-order valence-corrected chi connectivity index (χ1v) is 9.08. The first-order chi connectivity index (χ1) is 11.5. The molecule has 2 heterocycles. The number of hydrogen-bond acceptors (Lipinski definition) is 4. The highest BCUT2D eigenvalue weighted by Crippen LogP contribution is 2.46. The molecule has 0 bridgehead atoms. The molecule has 0 unspecified atom stereocenters. The molecule has 1 spiro atoms. The number of carbonyl (C=O) groups excluding carboxylic acids is 2. The largest absolute Gasteiger partial charge is 0.383 e. The molecule has 1 saturated carbocycles. The molecule has 0 radical (unpaired) electrons. The average molecular weight is 338 g/mol. The number of rotatable bonds is 6. The van der Waals surface area contributed by atoms with Gasteiger partial charge in [-0.3, -0.25) is 9.59 Å². The summed E-state index contributed by atoms with van der Waals surface area (Å²) in [7, 11) is 3.36. The van der Waals surface area contributed by atoms with Gasteiger partial charge in [-0.05, 0) is 31.6 Å². The Balaban J connectivity index is 1.64. The Labute approximate surface area is 144 Å². The maximum Gasteiger partial charge on any atom is 0.231 e. The Morgan fingerprint density at radius 3 is 2.62 bits per heavy atom. The number of amides is 2. The van der Waals surface area contributed by atoms with E-state index < -0.39 is 0 Å². The van der Waals surface area contributed by atoms with Gasteiger partial charge in [0.05, 0.1) is 24.0 Å². The van der Waals surface area contributed by atoms with E-state index in [9.17, 15) is 9.59 Å². The van der Waals surface area contributed by atoms with Gasteiger partial charge in [-0.2, -0.15) is 0 Å². The first kappa shape index (κ1) is 17.7. The van der Waals surface area contributed by atoms with Crippen molar-refractivity contribution < 1.29 is 19.1 Å². The molecule has 136 valence electrons. The molecule has 3 aliphatic rings. The lowest BCUT2D eigenvalue weighted by Gasteiger charge is -2.40. The van der Waals surface area contributed by atoms with Crippen LogP contribution in [0.15, 0.2) is 0 Å². The summed E-state index contributed by atoms with van der Waals surface area (Å²) < 4.78 is 10.7. The third kappa shape index (κ3) is 2.84. The van der Waals surface area contributed by atoms with E-state index in [-0.39, 0.29) is 28.7 Å². The van der Waals surface area contributed by atoms with Crippen LogP contribution in [0.4, 0.5) is 0 Å². The molecule has 0 aromatic carbocycles. The van der Waals surface area contributed by atoms with Crippen molar-refractivity contribution in [2.45, 2.75) is 44.6 Å². The number of hydrogen-bond donors (Lipinski definition) is 0. The van der Waals surface area contributed by atoms with Gasteiger partial charge in [0, 0.05) is 40.4 Å². The average Bonchev–Trinajstić information content (AvgIpc) is 3.04. The van der Waals surface area contributed by atoms with E-state index >= 15 is 0 Å². The van der Waals surface area contributed by atoms with Crippen molar-refractivity contribution >= 4 is 11.8 Å². The van der Waals surface area contributed by atoms with Gasteiger partial charge in [0.1, 0.15) is 0 Å². The summed E-state index contributed by atoms with van der Waals surface area (Å²) in [6.07, 6.45) is 4.36. The van der Waals surface area contributed by atoms with Crippen molar-refractivity contribution in [1.29, 1.82) is 0 Å². The second-order valence-corrected chi connectivity index (χ2v) is 7.78. The minimum Gasteiger partial charge on any atom is -0.383 e. The second-order valence-electron chi connectivity index (χ2n) is 7.78. The van der Waals surface area contributed by atoms with Gasteiger partial charge in [-0.1, -0.05) is 6.92 Å². The topological polar surface area (TPSA) is 59.1 Å². The van der Waals surface area contributed by atoms with Gasteiger partial charge in [-0.25, -0.2) is 0 Å². The van der Waals surface area contributed by atoms with Gasteiger partial charge in [0.2, 0.25) is 11.8 Å². The third-order valence-corrected chi connectivity index (χ3v) is 6.54. The van der Waals surface area contributed by atoms with Crippen LogP contribution in [0.25, 0.3) is 0 Å². The molecule has 0 aromatic rings. The maximum absolute atomic E-state index is 12.9. The van der Waals surface area contributed by atoms with E-state index in [4.69, 9.17) is 9.47 Å². The molecule has 2 saturated heterocycles. The molecule has 0 aromatic heterocycles. The van der Waals surface area contributed by atoms with E-state index in [0.717, 1.165) is 32.2 Å². The minimum absolute atomic E-state index is 0.142. The lowest BCUT2D eigenvalue weighted by atomic mass is 9.77. The molecule has 24 heavy (non-hydrogen) atoms. The summed E-state index contributed by atoms with van der Waals surface area (Å²) in [5.74, 6) is 0.553. The normalized spacial score (nSPS) is 31.8. The molecular weight excluding hydrogens is 308 g/mol. The number of carbonyl (C=O) groups is 2. The van der Waals surface area contributed by atoms with E-state index in [1.807, 2.05) is 9.80 Å². The third-order valence-electron chi connectivity index (χ3n) is 6.54. The molecule has 0 N–H and O–H groups in total. The van der Waals surface area contributed by atoms with Crippen LogP contribution < -0.4 is 0 Å². The first-order valence-electron chi connectivity index (χ1n) is 9.08. The lowest BCUT2D eigenvalue weighted by Crippen LogP contribution is -2.45. The van der Waals surface area contributed by atoms with Gasteiger partial charge < -0.3 is 19.3 Å². The molecule has 3 fully saturated rings. The van der Waals surface area contributed by atoms with Crippen LogP contribution in [0, 0.1) is 11.3 Å². The van der Waals surface area contributed by atoms with Crippen molar-refractivity contribution in [1.82, 2.24) is 9.80 Å². The summed E-state index contributed by atoms with van der Waals surface area (Å²) in [5, 5.41) is 0. The van der Waals surface area contributed by atoms with Crippen molar-refractivity contribution in [3.63, 3.8) is 0 Å². The summed E-state index contributed by atoms with van der Waals surface area (Å²) in [5.41, 5.74) is -0.635. The maximum atomic E-state index is 12.9. The molecule has 2 atom stereocenters. The summed E-state index contributed by atoms with van der Waals surface area (Å²) in [6.45, 7) is 5.34. The van der Waals surface area contributed by atoms with Gasteiger partial charge in [-0.15, -0.1) is 0 Å². The molecule has 3 rings (SSSR count). The predicted octanol–water partition coefficient (Wildman–Crippen LogP) is 1.29. The SMILES string of the molecule is COCCN1CC[C@]2(CN(C(=O)CC3(OC)CCC3)C[C@H]2C)C1=O. The van der Waals surface area contributed by atoms with Gasteiger partial charge >= 0.3 is 0 Å². The fraction of sp³-hybridized carbons (Fsp3) is 0.889. The van der Waals surface area contributed by atoms with E-state index in [0.29, 0.717) is 32.7 Å². The molecule has 2 amide bonds. The van der Waals surface area contributed by atoms with E-state index in [1.165, 1.54) is 0 Å². The van der Waals surface area contributed by atoms with Gasteiger partial charge in [0.25, 0.3) is 0 Å². The predicted molar refractivity (Wildman–Crippen MR) is 89.5 cm³/mol. The zero-order chi connectivity index (χ0) is 17.4. The Bertz CT molecular complexity index is 500. The van der Waals surface area contributed by atoms with Crippen LogP contribution in [0.2, 0.25) is 0 Å². The van der Waals surface area contributed by atoms with Crippen LogP contribution in [-0.4, -0.2) is 74.2 Å². The van der Waals surface area contributed by atoms with E-state index in [1.54, 1.807) is 14.2 Å². The molecule has 6 heteroatoms. The van der Waals surface area contributed by atoms with Crippen molar-refractivity contribution in [3.8, 4) is 0 Å². The second kappa shape index (κ2) is 6.64.